The zero-order valence-corrected chi connectivity index (χ0v) is 14.2. The number of halogens is 1. The molecule has 5 nitrogen and oxygen atoms in total. The Balaban J connectivity index is 0.00000242. The number of rotatable bonds is 5. The number of aryl methyl sites for hydroxylation is 1. The number of aromatic nitrogens is 2. The van der Waals surface area contributed by atoms with E-state index in [1.165, 1.54) is 0 Å². The smallest absolute Gasteiger partial charge is 0.254 e. The van der Waals surface area contributed by atoms with Crippen molar-refractivity contribution in [3.05, 3.63) is 47.3 Å². The third-order valence-corrected chi connectivity index (χ3v) is 3.66. The van der Waals surface area contributed by atoms with Crippen molar-refractivity contribution in [2.45, 2.75) is 26.8 Å². The summed E-state index contributed by atoms with van der Waals surface area (Å²) in [4.78, 5) is 12.2. The molecule has 0 bridgehead atoms. The summed E-state index contributed by atoms with van der Waals surface area (Å²) < 4.78 is 1.81. The summed E-state index contributed by atoms with van der Waals surface area (Å²) in [7, 11) is 1.87. The van der Waals surface area contributed by atoms with E-state index in [-0.39, 0.29) is 24.4 Å². The average molecular weight is 323 g/mol. The molecular formula is C16H23ClN4O. The van der Waals surface area contributed by atoms with Crippen LogP contribution in [0.4, 0.5) is 0 Å². The quantitative estimate of drug-likeness (QED) is 0.887. The molecule has 0 aliphatic heterocycles. The molecule has 2 rings (SSSR count). The van der Waals surface area contributed by atoms with E-state index in [1.807, 2.05) is 56.8 Å². The van der Waals surface area contributed by atoms with E-state index in [1.54, 1.807) is 6.20 Å². The van der Waals surface area contributed by atoms with Gasteiger partial charge in [-0.05, 0) is 39.4 Å². The first-order valence-corrected chi connectivity index (χ1v) is 7.10. The molecule has 1 aromatic heterocycles. The fraction of sp³-hybridized carbons (Fsp3) is 0.375. The lowest BCUT2D eigenvalue weighted by Gasteiger charge is -2.11. The predicted octanol–water partition coefficient (Wildman–Crippen LogP) is 2.25. The monoisotopic (exact) mass is 322 g/mol. The lowest BCUT2D eigenvalue weighted by Crippen LogP contribution is -2.37. The van der Waals surface area contributed by atoms with Crippen LogP contribution < -0.4 is 10.6 Å². The van der Waals surface area contributed by atoms with Gasteiger partial charge in [-0.2, -0.15) is 5.10 Å². The molecule has 0 aliphatic rings. The normalized spacial score (nSPS) is 11.6. The van der Waals surface area contributed by atoms with Gasteiger partial charge in [0.25, 0.3) is 5.91 Å². The Morgan fingerprint density at radius 2 is 2.00 bits per heavy atom. The van der Waals surface area contributed by atoms with E-state index >= 15 is 0 Å². The molecule has 1 aromatic carbocycles. The molecule has 1 amide bonds. The van der Waals surface area contributed by atoms with Crippen LogP contribution in [0.3, 0.4) is 0 Å². The highest BCUT2D eigenvalue weighted by molar-refractivity contribution is 5.95. The molecule has 0 aliphatic carbocycles. The summed E-state index contributed by atoms with van der Waals surface area (Å²) in [5.41, 5.74) is 3.58. The van der Waals surface area contributed by atoms with Crippen LogP contribution in [0.25, 0.3) is 5.69 Å². The molecule has 0 saturated heterocycles. The van der Waals surface area contributed by atoms with Crippen LogP contribution >= 0.6 is 12.4 Å². The van der Waals surface area contributed by atoms with Crippen molar-refractivity contribution in [3.63, 3.8) is 0 Å². The first-order chi connectivity index (χ1) is 10.0. The summed E-state index contributed by atoms with van der Waals surface area (Å²) >= 11 is 0. The van der Waals surface area contributed by atoms with E-state index in [2.05, 4.69) is 15.7 Å². The average Bonchev–Trinajstić information content (AvgIpc) is 2.86. The minimum atomic E-state index is -0.0885. The lowest BCUT2D eigenvalue weighted by atomic mass is 10.2. The van der Waals surface area contributed by atoms with Crippen LogP contribution in [-0.2, 0) is 0 Å². The molecule has 1 atom stereocenters. The number of carbonyl (C=O) groups excluding carboxylic acids is 1. The van der Waals surface area contributed by atoms with Crippen molar-refractivity contribution in [2.24, 2.45) is 0 Å². The number of para-hydroxylation sites is 1. The molecule has 120 valence electrons. The van der Waals surface area contributed by atoms with Gasteiger partial charge in [0.05, 0.1) is 23.1 Å². The van der Waals surface area contributed by atoms with Gasteiger partial charge in [-0.1, -0.05) is 18.2 Å². The fourth-order valence-corrected chi connectivity index (χ4v) is 2.12. The van der Waals surface area contributed by atoms with E-state index < -0.39 is 0 Å². The SMILES string of the molecule is CNC(C)CNC(=O)c1cnn(-c2ccccc2C)c1C.Cl. The van der Waals surface area contributed by atoms with Gasteiger partial charge in [-0.25, -0.2) is 4.68 Å². The molecule has 2 aromatic rings. The van der Waals surface area contributed by atoms with Crippen molar-refractivity contribution >= 4 is 18.3 Å². The molecule has 1 unspecified atom stereocenters. The predicted molar refractivity (Wildman–Crippen MR) is 91.1 cm³/mol. The van der Waals surface area contributed by atoms with E-state index in [0.29, 0.717) is 12.1 Å². The maximum Gasteiger partial charge on any atom is 0.254 e. The van der Waals surface area contributed by atoms with Gasteiger partial charge in [0, 0.05) is 12.6 Å². The van der Waals surface area contributed by atoms with E-state index in [0.717, 1.165) is 16.9 Å². The molecular weight excluding hydrogens is 300 g/mol. The Kier molecular flexibility index (Phi) is 6.59. The first-order valence-electron chi connectivity index (χ1n) is 7.10. The van der Waals surface area contributed by atoms with Crippen LogP contribution in [0.5, 0.6) is 0 Å². The van der Waals surface area contributed by atoms with Crippen LogP contribution in [0.2, 0.25) is 0 Å². The van der Waals surface area contributed by atoms with Crippen LogP contribution in [0, 0.1) is 13.8 Å². The third kappa shape index (κ3) is 3.87. The first kappa shape index (κ1) is 18.2. The Morgan fingerprint density at radius 3 is 2.64 bits per heavy atom. The standard InChI is InChI=1S/C16H22N4O.ClH/c1-11-7-5-6-8-15(11)20-13(3)14(10-19-20)16(21)18-9-12(2)17-4;/h5-8,10,12,17H,9H2,1-4H3,(H,18,21);1H. The highest BCUT2D eigenvalue weighted by Crippen LogP contribution is 2.17. The second kappa shape index (κ2) is 7.96. The summed E-state index contributed by atoms with van der Waals surface area (Å²) in [5, 5.41) is 10.4. The largest absolute Gasteiger partial charge is 0.350 e. The number of hydrogen-bond acceptors (Lipinski definition) is 3. The summed E-state index contributed by atoms with van der Waals surface area (Å²) in [6.45, 7) is 6.55. The molecule has 0 saturated carbocycles. The van der Waals surface area contributed by atoms with Gasteiger partial charge in [0.1, 0.15) is 0 Å². The number of nitrogens with one attached hydrogen (secondary N) is 2. The molecule has 0 spiro atoms. The molecule has 2 N–H and O–H groups in total. The van der Waals surface area contributed by atoms with Crippen LogP contribution in [0.15, 0.2) is 30.5 Å². The fourth-order valence-electron chi connectivity index (χ4n) is 2.12. The topological polar surface area (TPSA) is 58.9 Å². The maximum atomic E-state index is 12.2. The molecule has 0 fully saturated rings. The lowest BCUT2D eigenvalue weighted by molar-refractivity contribution is 0.0950. The minimum Gasteiger partial charge on any atom is -0.350 e. The van der Waals surface area contributed by atoms with E-state index in [4.69, 9.17) is 0 Å². The second-order valence-electron chi connectivity index (χ2n) is 5.24. The Bertz CT molecular complexity index is 639. The van der Waals surface area contributed by atoms with Crippen molar-refractivity contribution in [2.75, 3.05) is 13.6 Å². The van der Waals surface area contributed by atoms with Crippen LogP contribution in [-0.4, -0.2) is 35.3 Å². The van der Waals surface area contributed by atoms with Crippen molar-refractivity contribution in [1.82, 2.24) is 20.4 Å². The number of amides is 1. The van der Waals surface area contributed by atoms with Gasteiger partial charge in [0.2, 0.25) is 0 Å². The highest BCUT2D eigenvalue weighted by Gasteiger charge is 2.16. The molecule has 1 heterocycles. The summed E-state index contributed by atoms with van der Waals surface area (Å²) in [6.07, 6.45) is 1.63. The molecule has 0 radical (unpaired) electrons. The van der Waals surface area contributed by atoms with Crippen molar-refractivity contribution in [3.8, 4) is 5.69 Å². The maximum absolute atomic E-state index is 12.2. The molecule has 6 heteroatoms. The van der Waals surface area contributed by atoms with Gasteiger partial charge in [-0.15, -0.1) is 12.4 Å². The Morgan fingerprint density at radius 1 is 1.32 bits per heavy atom. The third-order valence-electron chi connectivity index (χ3n) is 3.66. The van der Waals surface area contributed by atoms with Crippen molar-refractivity contribution in [1.29, 1.82) is 0 Å². The minimum absolute atomic E-state index is 0. The number of likely N-dealkylation sites (N-methyl/N-ethyl adjacent to an activating group) is 1. The number of hydrogen-bond donors (Lipinski definition) is 2. The molecule has 22 heavy (non-hydrogen) atoms. The Hall–Kier alpha value is -1.85. The van der Waals surface area contributed by atoms with Gasteiger partial charge in [-0.3, -0.25) is 4.79 Å². The number of nitrogens with zero attached hydrogens (tertiary/aromatic N) is 2. The second-order valence-corrected chi connectivity index (χ2v) is 5.24. The Labute approximate surface area is 137 Å². The summed E-state index contributed by atoms with van der Waals surface area (Å²) in [5.74, 6) is -0.0885. The zero-order chi connectivity index (χ0) is 15.4. The zero-order valence-electron chi connectivity index (χ0n) is 13.4. The van der Waals surface area contributed by atoms with Crippen molar-refractivity contribution < 1.29 is 4.79 Å². The van der Waals surface area contributed by atoms with Gasteiger partial charge >= 0.3 is 0 Å². The summed E-state index contributed by atoms with van der Waals surface area (Å²) in [6, 6.07) is 8.23. The van der Waals surface area contributed by atoms with Gasteiger partial charge < -0.3 is 10.6 Å². The van der Waals surface area contributed by atoms with Gasteiger partial charge in [0.15, 0.2) is 0 Å². The van der Waals surface area contributed by atoms with Crippen LogP contribution in [0.1, 0.15) is 28.5 Å². The highest BCUT2D eigenvalue weighted by atomic mass is 35.5. The van der Waals surface area contributed by atoms with E-state index in [9.17, 15) is 4.79 Å². The number of carbonyl (C=O) groups is 1. The number of benzene rings is 1.